The lowest BCUT2D eigenvalue weighted by Crippen LogP contribution is -2.23. The van der Waals surface area contributed by atoms with Crippen molar-refractivity contribution in [1.29, 1.82) is 0 Å². The Morgan fingerprint density at radius 1 is 1.91 bits per heavy atom. The van der Waals surface area contributed by atoms with Gasteiger partial charge in [0, 0.05) is 13.2 Å². The standard InChI is InChI=1S/C7H10N3O/c1-6-9-3-4-10(6)5-7(11)8-2/h4H,5H2,1-2H3,(H,8,11). The summed E-state index contributed by atoms with van der Waals surface area (Å²) in [5, 5.41) is 2.53. The molecule has 4 heteroatoms. The first-order valence-corrected chi connectivity index (χ1v) is 3.34. The van der Waals surface area contributed by atoms with Crippen molar-refractivity contribution in [1.82, 2.24) is 14.9 Å². The summed E-state index contributed by atoms with van der Waals surface area (Å²) >= 11 is 0. The van der Waals surface area contributed by atoms with Gasteiger partial charge in [0.15, 0.2) is 0 Å². The molecular formula is C7H10N3O. The zero-order valence-electron chi connectivity index (χ0n) is 6.59. The third kappa shape index (κ3) is 1.80. The molecule has 0 aliphatic heterocycles. The molecule has 1 radical (unpaired) electrons. The van der Waals surface area contributed by atoms with Crippen LogP contribution in [-0.2, 0) is 11.3 Å². The van der Waals surface area contributed by atoms with E-state index in [9.17, 15) is 4.79 Å². The summed E-state index contributed by atoms with van der Waals surface area (Å²) in [6, 6.07) is 0. The number of likely N-dealkylation sites (N-methyl/N-ethyl adjacent to an activating group) is 1. The number of carbonyl (C=O) groups excluding carboxylic acids is 1. The Morgan fingerprint density at radius 3 is 3.09 bits per heavy atom. The van der Waals surface area contributed by atoms with Gasteiger partial charge in [-0.05, 0) is 6.92 Å². The smallest absolute Gasteiger partial charge is 0.239 e. The predicted octanol–water partition coefficient (Wildman–Crippen LogP) is -0.262. The third-order valence-electron chi connectivity index (χ3n) is 1.45. The van der Waals surface area contributed by atoms with Crippen molar-refractivity contribution < 1.29 is 4.79 Å². The topological polar surface area (TPSA) is 46.9 Å². The molecule has 1 N–H and O–H groups in total. The second-order valence-corrected chi connectivity index (χ2v) is 2.22. The van der Waals surface area contributed by atoms with Crippen molar-refractivity contribution in [2.24, 2.45) is 0 Å². The molecule has 1 aromatic rings. The monoisotopic (exact) mass is 152 g/mol. The lowest BCUT2D eigenvalue weighted by atomic mass is 10.5. The van der Waals surface area contributed by atoms with Gasteiger partial charge in [0.2, 0.25) is 5.91 Å². The molecule has 0 fully saturated rings. The molecule has 1 rings (SSSR count). The zero-order valence-corrected chi connectivity index (χ0v) is 6.59. The minimum atomic E-state index is -0.0282. The van der Waals surface area contributed by atoms with Crippen LogP contribution in [0.15, 0.2) is 6.20 Å². The van der Waals surface area contributed by atoms with Gasteiger partial charge in [-0.2, -0.15) is 0 Å². The first-order valence-electron chi connectivity index (χ1n) is 3.34. The number of aryl methyl sites for hydroxylation is 1. The summed E-state index contributed by atoms with van der Waals surface area (Å²) < 4.78 is 1.73. The maximum Gasteiger partial charge on any atom is 0.239 e. The van der Waals surface area contributed by atoms with Gasteiger partial charge in [-0.1, -0.05) is 0 Å². The van der Waals surface area contributed by atoms with Crippen molar-refractivity contribution in [3.63, 3.8) is 0 Å². The average Bonchev–Trinajstić information content (AvgIpc) is 2.37. The van der Waals surface area contributed by atoms with Crippen LogP contribution >= 0.6 is 0 Å². The summed E-state index contributed by atoms with van der Waals surface area (Å²) in [5.74, 6) is 0.771. The van der Waals surface area contributed by atoms with Gasteiger partial charge in [-0.3, -0.25) is 4.79 Å². The molecule has 4 nitrogen and oxygen atoms in total. The van der Waals surface area contributed by atoms with E-state index in [0.29, 0.717) is 6.54 Å². The molecule has 0 unspecified atom stereocenters. The number of aromatic nitrogens is 2. The van der Waals surface area contributed by atoms with E-state index in [4.69, 9.17) is 0 Å². The Kier molecular flexibility index (Phi) is 2.25. The van der Waals surface area contributed by atoms with E-state index in [-0.39, 0.29) is 5.91 Å². The number of nitrogens with one attached hydrogen (secondary N) is 1. The van der Waals surface area contributed by atoms with Gasteiger partial charge >= 0.3 is 0 Å². The molecule has 0 aliphatic rings. The molecule has 0 saturated heterocycles. The fourth-order valence-electron chi connectivity index (χ4n) is 0.743. The molecule has 1 aromatic heterocycles. The second kappa shape index (κ2) is 3.18. The van der Waals surface area contributed by atoms with Crippen LogP contribution in [0.25, 0.3) is 0 Å². The molecule has 0 saturated carbocycles. The van der Waals surface area contributed by atoms with E-state index in [1.54, 1.807) is 17.8 Å². The molecule has 1 heterocycles. The van der Waals surface area contributed by atoms with Gasteiger partial charge in [0.25, 0.3) is 0 Å². The first-order chi connectivity index (χ1) is 5.24. The SMILES string of the molecule is CNC(=O)Cn1c[c]nc1C. The van der Waals surface area contributed by atoms with Crippen molar-refractivity contribution in [2.45, 2.75) is 13.5 Å². The quantitative estimate of drug-likeness (QED) is 0.634. The lowest BCUT2D eigenvalue weighted by molar-refractivity contribution is -0.121. The molecule has 11 heavy (non-hydrogen) atoms. The largest absolute Gasteiger partial charge is 0.358 e. The summed E-state index contributed by atoms with van der Waals surface area (Å²) in [7, 11) is 1.61. The highest BCUT2D eigenvalue weighted by Crippen LogP contribution is 1.92. The molecular weight excluding hydrogens is 142 g/mol. The van der Waals surface area contributed by atoms with Crippen LogP contribution in [-0.4, -0.2) is 22.5 Å². The van der Waals surface area contributed by atoms with Gasteiger partial charge in [0.05, 0.1) is 0 Å². The van der Waals surface area contributed by atoms with Crippen LogP contribution in [0.3, 0.4) is 0 Å². The second-order valence-electron chi connectivity index (χ2n) is 2.22. The van der Waals surface area contributed by atoms with E-state index in [1.807, 2.05) is 6.92 Å². The highest BCUT2D eigenvalue weighted by molar-refractivity contribution is 5.75. The van der Waals surface area contributed by atoms with E-state index < -0.39 is 0 Å². The zero-order chi connectivity index (χ0) is 8.27. The lowest BCUT2D eigenvalue weighted by Gasteiger charge is -2.01. The third-order valence-corrected chi connectivity index (χ3v) is 1.45. The molecule has 59 valence electrons. The van der Waals surface area contributed by atoms with Crippen LogP contribution in [0.5, 0.6) is 0 Å². The number of hydrogen-bond acceptors (Lipinski definition) is 2. The van der Waals surface area contributed by atoms with Gasteiger partial charge < -0.3 is 9.88 Å². The fourth-order valence-corrected chi connectivity index (χ4v) is 0.743. The highest BCUT2D eigenvalue weighted by Gasteiger charge is 2.01. The van der Waals surface area contributed by atoms with Crippen LogP contribution < -0.4 is 5.32 Å². The maximum atomic E-state index is 10.9. The summed E-state index contributed by atoms with van der Waals surface area (Å²) in [6.07, 6.45) is 4.32. The Labute approximate surface area is 65.2 Å². The normalized spacial score (nSPS) is 9.64. The Balaban J connectivity index is 2.64. The van der Waals surface area contributed by atoms with E-state index in [2.05, 4.69) is 16.5 Å². The van der Waals surface area contributed by atoms with Crippen molar-refractivity contribution >= 4 is 5.91 Å². The number of carbonyl (C=O) groups is 1. The predicted molar refractivity (Wildman–Crippen MR) is 39.9 cm³/mol. The van der Waals surface area contributed by atoms with Gasteiger partial charge in [0.1, 0.15) is 18.6 Å². The van der Waals surface area contributed by atoms with E-state index in [0.717, 1.165) is 5.82 Å². The minimum absolute atomic E-state index is 0.0282. The molecule has 0 aliphatic carbocycles. The molecule has 1 amide bonds. The number of hydrogen-bond donors (Lipinski definition) is 1. The Hall–Kier alpha value is -1.32. The summed E-state index contributed by atoms with van der Waals surface area (Å²) in [5.41, 5.74) is 0. The van der Waals surface area contributed by atoms with Crippen LogP contribution in [0.1, 0.15) is 5.82 Å². The van der Waals surface area contributed by atoms with Crippen molar-refractivity contribution in [2.75, 3.05) is 7.05 Å². The van der Waals surface area contributed by atoms with E-state index in [1.165, 1.54) is 0 Å². The fraction of sp³-hybridized carbons (Fsp3) is 0.429. The molecule has 0 atom stereocenters. The molecule has 0 aromatic carbocycles. The van der Waals surface area contributed by atoms with Gasteiger partial charge in [-0.25, -0.2) is 4.98 Å². The van der Waals surface area contributed by atoms with Crippen molar-refractivity contribution in [3.8, 4) is 0 Å². The first kappa shape index (κ1) is 7.78. The summed E-state index contributed by atoms with van der Waals surface area (Å²) in [4.78, 5) is 14.7. The number of nitrogens with zero attached hydrogens (tertiary/aromatic N) is 2. The van der Waals surface area contributed by atoms with Crippen LogP contribution in [0.4, 0.5) is 0 Å². The maximum absolute atomic E-state index is 10.9. The summed E-state index contributed by atoms with van der Waals surface area (Å²) in [6.45, 7) is 2.15. The number of amides is 1. The average molecular weight is 152 g/mol. The number of rotatable bonds is 2. The minimum Gasteiger partial charge on any atom is -0.358 e. The van der Waals surface area contributed by atoms with Gasteiger partial charge in [-0.15, -0.1) is 0 Å². The van der Waals surface area contributed by atoms with Crippen LogP contribution in [0.2, 0.25) is 0 Å². The van der Waals surface area contributed by atoms with Crippen LogP contribution in [0, 0.1) is 13.1 Å². The molecule has 0 spiro atoms. The molecule has 0 bridgehead atoms. The number of imidazole rings is 1. The van der Waals surface area contributed by atoms with E-state index >= 15 is 0 Å². The highest BCUT2D eigenvalue weighted by atomic mass is 16.1. The van der Waals surface area contributed by atoms with Crippen molar-refractivity contribution in [3.05, 3.63) is 18.2 Å². The Bertz CT molecular complexity index is 254. The Morgan fingerprint density at radius 2 is 2.64 bits per heavy atom.